The van der Waals surface area contributed by atoms with Crippen molar-refractivity contribution < 1.29 is 4.79 Å². The average Bonchev–Trinajstić information content (AvgIpc) is 1.59. The number of hydrogen-bond acceptors (Lipinski definition) is 1. The van der Waals surface area contributed by atoms with Gasteiger partial charge in [0.2, 0.25) is 5.91 Å². The number of alkyl halides is 2. The Balaban J connectivity index is 2.35. The molecule has 9 heavy (non-hydrogen) atoms. The number of likely N-dealkylation sites (tertiary alicyclic amines) is 1. The third-order valence-electron chi connectivity index (χ3n) is 1.29. The zero-order valence-electron chi connectivity index (χ0n) is 5.03. The molecular formula is C5H7Cl2NO. The molecule has 1 rings (SSSR count). The molecule has 0 spiro atoms. The van der Waals surface area contributed by atoms with Gasteiger partial charge in [-0.2, -0.15) is 0 Å². The third-order valence-corrected chi connectivity index (χ3v) is 1.77. The lowest BCUT2D eigenvalue weighted by atomic mass is 10.2. The summed E-state index contributed by atoms with van der Waals surface area (Å²) in [5.74, 6) is 0.0342. The maximum absolute atomic E-state index is 10.5. The fourth-order valence-electron chi connectivity index (χ4n) is 0.735. The third kappa shape index (κ3) is 1.49. The lowest BCUT2D eigenvalue weighted by Gasteiger charge is -2.40. The Bertz CT molecular complexity index is 138. The van der Waals surface area contributed by atoms with Crippen LogP contribution in [0.4, 0.5) is 0 Å². The molecule has 4 heteroatoms. The number of hydrogen-bond donors (Lipinski definition) is 0. The Morgan fingerprint density at radius 2 is 2.00 bits per heavy atom. The van der Waals surface area contributed by atoms with Gasteiger partial charge in [0.25, 0.3) is 0 Å². The van der Waals surface area contributed by atoms with Crippen molar-refractivity contribution in [2.45, 2.75) is 11.3 Å². The van der Waals surface area contributed by atoms with E-state index in [4.69, 9.17) is 23.2 Å². The zero-order chi connectivity index (χ0) is 7.07. The minimum absolute atomic E-state index is 0.0342. The number of halogens is 2. The van der Waals surface area contributed by atoms with Crippen molar-refractivity contribution in [2.24, 2.45) is 0 Å². The van der Waals surface area contributed by atoms with Gasteiger partial charge in [0.05, 0.1) is 13.1 Å². The highest BCUT2D eigenvalue weighted by Crippen LogP contribution is 2.31. The predicted octanol–water partition coefficient (Wildman–Crippen LogP) is 1.02. The first-order valence-corrected chi connectivity index (χ1v) is 3.40. The van der Waals surface area contributed by atoms with E-state index in [1.807, 2.05) is 0 Å². The molecule has 0 radical (unpaired) electrons. The van der Waals surface area contributed by atoms with Crippen LogP contribution in [-0.4, -0.2) is 28.2 Å². The summed E-state index contributed by atoms with van der Waals surface area (Å²) in [4.78, 5) is 12.1. The van der Waals surface area contributed by atoms with E-state index in [-0.39, 0.29) is 5.91 Å². The molecule has 0 atom stereocenters. The van der Waals surface area contributed by atoms with Crippen LogP contribution >= 0.6 is 23.2 Å². The van der Waals surface area contributed by atoms with Crippen LogP contribution in [0.2, 0.25) is 0 Å². The highest BCUT2D eigenvalue weighted by atomic mass is 35.5. The van der Waals surface area contributed by atoms with Crippen LogP contribution in [0.25, 0.3) is 0 Å². The molecule has 0 saturated carbocycles. The van der Waals surface area contributed by atoms with E-state index in [0.29, 0.717) is 13.1 Å². The second kappa shape index (κ2) is 2.03. The van der Waals surface area contributed by atoms with Gasteiger partial charge in [-0.3, -0.25) is 4.79 Å². The number of rotatable bonds is 0. The lowest BCUT2D eigenvalue weighted by molar-refractivity contribution is -0.132. The van der Waals surface area contributed by atoms with Crippen molar-refractivity contribution in [1.29, 1.82) is 0 Å². The standard InChI is InChI=1S/C5H7Cl2NO/c1-4(9)8-2-5(6,7)3-8/h2-3H2,1H3. The molecule has 1 saturated heterocycles. The van der Waals surface area contributed by atoms with Gasteiger partial charge in [-0.25, -0.2) is 0 Å². The molecule has 2 nitrogen and oxygen atoms in total. The van der Waals surface area contributed by atoms with Crippen LogP contribution in [0.1, 0.15) is 6.92 Å². The summed E-state index contributed by atoms with van der Waals surface area (Å²) in [7, 11) is 0. The van der Waals surface area contributed by atoms with Crippen molar-refractivity contribution in [3.8, 4) is 0 Å². The molecule has 0 aromatic rings. The number of carbonyl (C=O) groups excluding carboxylic acids is 1. The molecule has 52 valence electrons. The van der Waals surface area contributed by atoms with Crippen molar-refractivity contribution in [3.05, 3.63) is 0 Å². The maximum Gasteiger partial charge on any atom is 0.219 e. The van der Waals surface area contributed by atoms with Crippen molar-refractivity contribution in [2.75, 3.05) is 13.1 Å². The number of amides is 1. The summed E-state index contributed by atoms with van der Waals surface area (Å²) in [6.07, 6.45) is 0. The molecule has 1 amide bonds. The molecule has 0 N–H and O–H groups in total. The summed E-state index contributed by atoms with van der Waals surface area (Å²) >= 11 is 11.2. The second-order valence-electron chi connectivity index (χ2n) is 2.23. The molecule has 0 aromatic heterocycles. The van der Waals surface area contributed by atoms with Crippen molar-refractivity contribution >= 4 is 29.1 Å². The van der Waals surface area contributed by atoms with Crippen LogP contribution < -0.4 is 0 Å². The molecule has 1 aliphatic rings. The number of nitrogens with zero attached hydrogens (tertiary/aromatic N) is 1. The molecule has 1 fully saturated rings. The van der Waals surface area contributed by atoms with Gasteiger partial charge in [-0.1, -0.05) is 23.2 Å². The molecule has 0 bridgehead atoms. The Morgan fingerprint density at radius 3 is 2.11 bits per heavy atom. The first kappa shape index (κ1) is 7.16. The minimum atomic E-state index is -0.675. The molecule has 0 aromatic carbocycles. The maximum atomic E-state index is 10.5. The minimum Gasteiger partial charge on any atom is -0.337 e. The molecule has 0 aliphatic carbocycles. The fraction of sp³-hybridized carbons (Fsp3) is 0.800. The number of carbonyl (C=O) groups is 1. The van der Waals surface area contributed by atoms with Crippen LogP contribution in [0.15, 0.2) is 0 Å². The van der Waals surface area contributed by atoms with Crippen LogP contribution in [0.3, 0.4) is 0 Å². The summed E-state index contributed by atoms with van der Waals surface area (Å²) in [5, 5.41) is 0. The predicted molar refractivity (Wildman–Crippen MR) is 36.7 cm³/mol. The van der Waals surface area contributed by atoms with E-state index < -0.39 is 4.33 Å². The van der Waals surface area contributed by atoms with E-state index in [1.54, 1.807) is 4.90 Å². The summed E-state index contributed by atoms with van der Waals surface area (Å²) in [6, 6.07) is 0. The second-order valence-corrected chi connectivity index (χ2v) is 3.87. The highest BCUT2D eigenvalue weighted by Gasteiger charge is 2.40. The van der Waals surface area contributed by atoms with Crippen LogP contribution in [0, 0.1) is 0 Å². The van der Waals surface area contributed by atoms with E-state index >= 15 is 0 Å². The summed E-state index contributed by atoms with van der Waals surface area (Å²) in [6.45, 7) is 2.43. The quantitative estimate of drug-likeness (QED) is 0.494. The van der Waals surface area contributed by atoms with Crippen molar-refractivity contribution in [3.63, 3.8) is 0 Å². The Hall–Kier alpha value is 0.0500. The van der Waals surface area contributed by atoms with Gasteiger partial charge in [-0.15, -0.1) is 0 Å². The van der Waals surface area contributed by atoms with Gasteiger partial charge >= 0.3 is 0 Å². The smallest absolute Gasteiger partial charge is 0.219 e. The van der Waals surface area contributed by atoms with Gasteiger partial charge < -0.3 is 4.90 Å². The SMILES string of the molecule is CC(=O)N1CC(Cl)(Cl)C1. The van der Waals surface area contributed by atoms with Gasteiger partial charge in [0.15, 0.2) is 4.33 Å². The van der Waals surface area contributed by atoms with Gasteiger partial charge in [0, 0.05) is 6.92 Å². The Kier molecular flexibility index (Phi) is 1.61. The van der Waals surface area contributed by atoms with Crippen LogP contribution in [-0.2, 0) is 4.79 Å². The largest absolute Gasteiger partial charge is 0.337 e. The highest BCUT2D eigenvalue weighted by molar-refractivity contribution is 6.49. The topological polar surface area (TPSA) is 20.3 Å². The molecule has 1 heterocycles. The molecule has 1 aliphatic heterocycles. The average molecular weight is 168 g/mol. The molecule has 0 unspecified atom stereocenters. The van der Waals surface area contributed by atoms with E-state index in [1.165, 1.54) is 6.92 Å². The Labute approximate surface area is 63.7 Å². The van der Waals surface area contributed by atoms with E-state index in [0.717, 1.165) is 0 Å². The lowest BCUT2D eigenvalue weighted by Crippen LogP contribution is -2.56. The van der Waals surface area contributed by atoms with E-state index in [2.05, 4.69) is 0 Å². The van der Waals surface area contributed by atoms with Crippen LogP contribution in [0.5, 0.6) is 0 Å². The first-order chi connectivity index (χ1) is 4.01. The monoisotopic (exact) mass is 167 g/mol. The summed E-state index contributed by atoms with van der Waals surface area (Å²) in [5.41, 5.74) is 0. The molecular weight excluding hydrogens is 161 g/mol. The summed E-state index contributed by atoms with van der Waals surface area (Å²) < 4.78 is -0.675. The van der Waals surface area contributed by atoms with E-state index in [9.17, 15) is 4.79 Å². The zero-order valence-corrected chi connectivity index (χ0v) is 6.54. The van der Waals surface area contributed by atoms with Gasteiger partial charge in [-0.05, 0) is 0 Å². The van der Waals surface area contributed by atoms with Gasteiger partial charge in [0.1, 0.15) is 0 Å². The Morgan fingerprint density at radius 1 is 1.56 bits per heavy atom. The first-order valence-electron chi connectivity index (χ1n) is 2.65. The normalized spacial score (nSPS) is 23.2. The fourth-order valence-corrected chi connectivity index (χ4v) is 1.31. The van der Waals surface area contributed by atoms with Crippen molar-refractivity contribution in [1.82, 2.24) is 4.90 Å².